The number of aliphatic hydroxyl groups excluding tert-OH is 1. The fraction of sp³-hybridized carbons (Fsp3) is 1.00. The van der Waals surface area contributed by atoms with Crippen molar-refractivity contribution in [3.05, 3.63) is 0 Å². The van der Waals surface area contributed by atoms with Gasteiger partial charge in [-0.3, -0.25) is 0 Å². The Morgan fingerprint density at radius 3 is 3.11 bits per heavy atom. The Hall–Kier alpha value is -0.120. The predicted molar refractivity (Wildman–Crippen MR) is 36.1 cm³/mol. The molecule has 1 rings (SSSR count). The maximum Gasteiger partial charge on any atom is 0.0815 e. The monoisotopic (exact) mass is 130 g/mol. The standard InChI is InChI=1S/C6H14N2O/c7-5-2-1-3-8-4-6(5)9/h5-6,8-9H,1-4,7H2/t5-,6-/m0/s1. The van der Waals surface area contributed by atoms with Gasteiger partial charge >= 0.3 is 0 Å². The lowest BCUT2D eigenvalue weighted by Crippen LogP contribution is -2.38. The van der Waals surface area contributed by atoms with Crippen LogP contribution in [0.4, 0.5) is 0 Å². The second-order valence-electron chi connectivity index (χ2n) is 2.58. The highest BCUT2D eigenvalue weighted by atomic mass is 16.3. The van der Waals surface area contributed by atoms with Gasteiger partial charge in [0.25, 0.3) is 0 Å². The molecule has 1 aliphatic rings. The summed E-state index contributed by atoms with van der Waals surface area (Å²) >= 11 is 0. The Morgan fingerprint density at radius 1 is 1.56 bits per heavy atom. The van der Waals surface area contributed by atoms with Crippen LogP contribution in [0.2, 0.25) is 0 Å². The molecule has 0 radical (unpaired) electrons. The first kappa shape index (κ1) is 6.99. The molecule has 2 atom stereocenters. The summed E-state index contributed by atoms with van der Waals surface area (Å²) in [6, 6.07) is -0.0139. The van der Waals surface area contributed by atoms with Crippen LogP contribution < -0.4 is 11.1 Å². The van der Waals surface area contributed by atoms with Crippen LogP contribution in [0.5, 0.6) is 0 Å². The third kappa shape index (κ3) is 1.93. The van der Waals surface area contributed by atoms with Gasteiger partial charge in [-0.05, 0) is 19.4 Å². The molecule has 0 unspecified atom stereocenters. The Labute approximate surface area is 55.2 Å². The average molecular weight is 130 g/mol. The maximum absolute atomic E-state index is 9.17. The Bertz CT molecular complexity index is 77.1. The van der Waals surface area contributed by atoms with E-state index in [0.29, 0.717) is 6.54 Å². The minimum absolute atomic E-state index is 0.0139. The summed E-state index contributed by atoms with van der Waals surface area (Å²) in [5.74, 6) is 0. The van der Waals surface area contributed by atoms with Crippen molar-refractivity contribution in [3.8, 4) is 0 Å². The minimum atomic E-state index is -0.340. The molecule has 0 aromatic carbocycles. The molecule has 1 fully saturated rings. The van der Waals surface area contributed by atoms with Gasteiger partial charge in [-0.1, -0.05) is 0 Å². The summed E-state index contributed by atoms with van der Waals surface area (Å²) in [6.45, 7) is 1.64. The highest BCUT2D eigenvalue weighted by Gasteiger charge is 2.16. The summed E-state index contributed by atoms with van der Waals surface area (Å²) in [4.78, 5) is 0. The number of hydrogen-bond acceptors (Lipinski definition) is 3. The quantitative estimate of drug-likeness (QED) is 0.396. The lowest BCUT2D eigenvalue weighted by atomic mass is 10.1. The first-order valence-electron chi connectivity index (χ1n) is 3.45. The number of rotatable bonds is 0. The van der Waals surface area contributed by atoms with Gasteiger partial charge in [-0.15, -0.1) is 0 Å². The normalized spacial score (nSPS) is 38.0. The third-order valence-corrected chi connectivity index (χ3v) is 1.74. The average Bonchev–Trinajstić information content (AvgIpc) is 1.99. The Morgan fingerprint density at radius 2 is 2.33 bits per heavy atom. The van der Waals surface area contributed by atoms with E-state index in [1.165, 1.54) is 0 Å². The van der Waals surface area contributed by atoms with E-state index < -0.39 is 0 Å². The van der Waals surface area contributed by atoms with Crippen molar-refractivity contribution in [2.75, 3.05) is 13.1 Å². The molecule has 54 valence electrons. The van der Waals surface area contributed by atoms with Crippen molar-refractivity contribution >= 4 is 0 Å². The van der Waals surface area contributed by atoms with E-state index in [9.17, 15) is 5.11 Å². The fourth-order valence-corrected chi connectivity index (χ4v) is 1.06. The number of β-amino-alcohol motifs (C(OH)–C–C–N with tert-alkyl or cyclic N) is 1. The second-order valence-corrected chi connectivity index (χ2v) is 2.58. The summed E-state index contributed by atoms with van der Waals surface area (Å²) in [6.07, 6.45) is 1.68. The Balaban J connectivity index is 2.32. The third-order valence-electron chi connectivity index (χ3n) is 1.74. The molecule has 0 aliphatic carbocycles. The number of nitrogens with two attached hydrogens (primary N) is 1. The molecular weight excluding hydrogens is 116 g/mol. The molecule has 3 heteroatoms. The zero-order valence-corrected chi connectivity index (χ0v) is 5.51. The fourth-order valence-electron chi connectivity index (χ4n) is 1.06. The van der Waals surface area contributed by atoms with Crippen LogP contribution in [0, 0.1) is 0 Å². The topological polar surface area (TPSA) is 58.3 Å². The van der Waals surface area contributed by atoms with Crippen LogP contribution in [-0.2, 0) is 0 Å². The van der Waals surface area contributed by atoms with E-state index in [4.69, 9.17) is 5.73 Å². The molecule has 0 bridgehead atoms. The highest BCUT2D eigenvalue weighted by Crippen LogP contribution is 2.01. The summed E-state index contributed by atoms with van der Waals surface area (Å²) in [5.41, 5.74) is 5.59. The second kappa shape index (κ2) is 3.15. The molecule has 0 saturated carbocycles. The molecule has 9 heavy (non-hydrogen) atoms. The van der Waals surface area contributed by atoms with Gasteiger partial charge in [0, 0.05) is 12.6 Å². The molecule has 0 aromatic rings. The van der Waals surface area contributed by atoms with Crippen LogP contribution in [0.3, 0.4) is 0 Å². The number of nitrogens with one attached hydrogen (secondary N) is 1. The van der Waals surface area contributed by atoms with Gasteiger partial charge < -0.3 is 16.2 Å². The van der Waals surface area contributed by atoms with Gasteiger partial charge in [0.15, 0.2) is 0 Å². The van der Waals surface area contributed by atoms with Gasteiger partial charge in [0.1, 0.15) is 0 Å². The van der Waals surface area contributed by atoms with E-state index in [0.717, 1.165) is 19.4 Å². The lowest BCUT2D eigenvalue weighted by Gasteiger charge is -2.13. The first-order chi connectivity index (χ1) is 4.30. The summed E-state index contributed by atoms with van der Waals surface area (Å²) in [7, 11) is 0. The minimum Gasteiger partial charge on any atom is -0.390 e. The van der Waals surface area contributed by atoms with Crippen LogP contribution >= 0.6 is 0 Å². The molecule has 1 aliphatic heterocycles. The molecule has 0 aromatic heterocycles. The zero-order valence-electron chi connectivity index (χ0n) is 5.51. The molecule has 0 amide bonds. The highest BCUT2D eigenvalue weighted by molar-refractivity contribution is 4.77. The van der Waals surface area contributed by atoms with Crippen molar-refractivity contribution in [2.45, 2.75) is 25.0 Å². The van der Waals surface area contributed by atoms with E-state index in [-0.39, 0.29) is 12.1 Å². The van der Waals surface area contributed by atoms with E-state index >= 15 is 0 Å². The van der Waals surface area contributed by atoms with Crippen LogP contribution in [-0.4, -0.2) is 30.3 Å². The molecule has 1 heterocycles. The number of hydrogen-bond donors (Lipinski definition) is 3. The summed E-state index contributed by atoms with van der Waals surface area (Å²) < 4.78 is 0. The Kier molecular flexibility index (Phi) is 2.45. The van der Waals surface area contributed by atoms with Crippen LogP contribution in [0.1, 0.15) is 12.8 Å². The van der Waals surface area contributed by atoms with Gasteiger partial charge in [0.2, 0.25) is 0 Å². The van der Waals surface area contributed by atoms with E-state index in [1.54, 1.807) is 0 Å². The largest absolute Gasteiger partial charge is 0.390 e. The van der Waals surface area contributed by atoms with Gasteiger partial charge in [0.05, 0.1) is 6.10 Å². The molecular formula is C6H14N2O. The van der Waals surface area contributed by atoms with Crippen LogP contribution in [0.15, 0.2) is 0 Å². The maximum atomic E-state index is 9.17. The lowest BCUT2D eigenvalue weighted by molar-refractivity contribution is 0.148. The van der Waals surface area contributed by atoms with Crippen molar-refractivity contribution in [1.82, 2.24) is 5.32 Å². The molecule has 3 nitrogen and oxygen atoms in total. The molecule has 1 saturated heterocycles. The molecule has 4 N–H and O–H groups in total. The van der Waals surface area contributed by atoms with E-state index in [1.807, 2.05) is 0 Å². The van der Waals surface area contributed by atoms with Crippen molar-refractivity contribution in [2.24, 2.45) is 5.73 Å². The first-order valence-corrected chi connectivity index (χ1v) is 3.45. The number of aliphatic hydroxyl groups is 1. The van der Waals surface area contributed by atoms with E-state index in [2.05, 4.69) is 5.32 Å². The smallest absolute Gasteiger partial charge is 0.0815 e. The van der Waals surface area contributed by atoms with Crippen molar-refractivity contribution < 1.29 is 5.11 Å². The summed E-state index contributed by atoms with van der Waals surface area (Å²) in [5, 5.41) is 12.3. The molecule has 0 spiro atoms. The van der Waals surface area contributed by atoms with Crippen molar-refractivity contribution in [3.63, 3.8) is 0 Å². The predicted octanol–water partition coefficient (Wildman–Crippen LogP) is -0.942. The van der Waals surface area contributed by atoms with Crippen molar-refractivity contribution in [1.29, 1.82) is 0 Å². The zero-order chi connectivity index (χ0) is 6.69. The van der Waals surface area contributed by atoms with Crippen LogP contribution in [0.25, 0.3) is 0 Å². The SMILES string of the molecule is N[C@H]1CCCNC[C@@H]1O. The van der Waals surface area contributed by atoms with Gasteiger partial charge in [-0.25, -0.2) is 0 Å². The van der Waals surface area contributed by atoms with Gasteiger partial charge in [-0.2, -0.15) is 0 Å².